The highest BCUT2D eigenvalue weighted by molar-refractivity contribution is 5.93. The van der Waals surface area contributed by atoms with E-state index >= 15 is 0 Å². The average molecular weight is 347 g/mol. The minimum absolute atomic E-state index is 0.0358. The molecule has 136 valence electrons. The van der Waals surface area contributed by atoms with Gasteiger partial charge in [0.2, 0.25) is 0 Å². The van der Waals surface area contributed by atoms with Crippen molar-refractivity contribution in [3.05, 3.63) is 42.0 Å². The van der Waals surface area contributed by atoms with E-state index in [1.807, 2.05) is 30.7 Å². The molecule has 2 heterocycles. The summed E-state index contributed by atoms with van der Waals surface area (Å²) in [5.41, 5.74) is 0.860. The second-order valence-electron chi connectivity index (χ2n) is 5.72. The Balaban J connectivity index is 1.76. The SMILES string of the molecule is CCCn1cccc1C(=O)NCC(O)CNC(=O)c1ccn(CC)n1. The van der Waals surface area contributed by atoms with E-state index in [1.54, 1.807) is 23.0 Å². The average Bonchev–Trinajstić information content (AvgIpc) is 3.27. The van der Waals surface area contributed by atoms with Crippen LogP contribution in [-0.4, -0.2) is 50.5 Å². The van der Waals surface area contributed by atoms with Crippen molar-refractivity contribution in [2.24, 2.45) is 0 Å². The molecule has 2 amide bonds. The number of carbonyl (C=O) groups is 2. The third kappa shape index (κ3) is 5.18. The van der Waals surface area contributed by atoms with Gasteiger partial charge in [0.1, 0.15) is 11.4 Å². The molecule has 8 nitrogen and oxygen atoms in total. The largest absolute Gasteiger partial charge is 0.389 e. The Morgan fingerprint density at radius 2 is 1.88 bits per heavy atom. The molecule has 0 aliphatic rings. The molecule has 0 saturated carbocycles. The number of hydrogen-bond donors (Lipinski definition) is 3. The number of carbonyl (C=O) groups excluding carboxylic acids is 2. The Morgan fingerprint density at radius 3 is 2.52 bits per heavy atom. The van der Waals surface area contributed by atoms with E-state index < -0.39 is 6.10 Å². The molecule has 0 bridgehead atoms. The molecule has 0 aliphatic carbocycles. The fraction of sp³-hybridized carbons (Fsp3) is 0.471. The summed E-state index contributed by atoms with van der Waals surface area (Å²) in [6, 6.07) is 5.18. The van der Waals surface area contributed by atoms with E-state index in [1.165, 1.54) is 0 Å². The number of aliphatic hydroxyl groups excluding tert-OH is 1. The van der Waals surface area contributed by atoms with E-state index in [-0.39, 0.29) is 24.9 Å². The van der Waals surface area contributed by atoms with E-state index in [2.05, 4.69) is 15.7 Å². The summed E-state index contributed by atoms with van der Waals surface area (Å²) in [6.45, 7) is 5.50. The van der Waals surface area contributed by atoms with Crippen molar-refractivity contribution in [3.63, 3.8) is 0 Å². The van der Waals surface area contributed by atoms with E-state index in [0.717, 1.165) is 13.0 Å². The van der Waals surface area contributed by atoms with Crippen molar-refractivity contribution >= 4 is 11.8 Å². The molecule has 0 aromatic carbocycles. The molecular weight excluding hydrogens is 322 g/mol. The van der Waals surface area contributed by atoms with Gasteiger partial charge in [-0.15, -0.1) is 0 Å². The van der Waals surface area contributed by atoms with Crippen LogP contribution in [0.1, 0.15) is 41.2 Å². The summed E-state index contributed by atoms with van der Waals surface area (Å²) in [4.78, 5) is 24.1. The summed E-state index contributed by atoms with van der Waals surface area (Å²) >= 11 is 0. The summed E-state index contributed by atoms with van der Waals surface area (Å²) in [7, 11) is 0. The van der Waals surface area contributed by atoms with Crippen LogP contribution in [0, 0.1) is 0 Å². The molecule has 2 aromatic rings. The van der Waals surface area contributed by atoms with Gasteiger partial charge in [0, 0.05) is 38.6 Å². The minimum atomic E-state index is -0.879. The molecule has 3 N–H and O–H groups in total. The lowest BCUT2D eigenvalue weighted by atomic mass is 10.3. The number of nitrogens with one attached hydrogen (secondary N) is 2. The molecule has 0 spiro atoms. The number of hydrogen-bond acceptors (Lipinski definition) is 4. The van der Waals surface area contributed by atoms with E-state index in [4.69, 9.17) is 0 Å². The van der Waals surface area contributed by atoms with Crippen LogP contribution in [0.15, 0.2) is 30.6 Å². The predicted octanol–water partition coefficient (Wildman–Crippen LogP) is 0.635. The van der Waals surface area contributed by atoms with Crippen LogP contribution in [-0.2, 0) is 13.1 Å². The molecule has 25 heavy (non-hydrogen) atoms. The highest BCUT2D eigenvalue weighted by Crippen LogP contribution is 2.03. The molecular formula is C17H25N5O3. The van der Waals surface area contributed by atoms with Crippen LogP contribution in [0.3, 0.4) is 0 Å². The first-order valence-corrected chi connectivity index (χ1v) is 8.48. The van der Waals surface area contributed by atoms with Crippen molar-refractivity contribution in [2.75, 3.05) is 13.1 Å². The van der Waals surface area contributed by atoms with Gasteiger partial charge in [0.05, 0.1) is 6.10 Å². The van der Waals surface area contributed by atoms with Crippen molar-refractivity contribution in [1.29, 1.82) is 0 Å². The Bertz CT molecular complexity index is 707. The molecule has 1 unspecified atom stereocenters. The van der Waals surface area contributed by atoms with Gasteiger partial charge in [-0.3, -0.25) is 14.3 Å². The molecule has 0 saturated heterocycles. The standard InChI is InChI=1S/C17H25N5O3/c1-3-8-21-9-5-6-15(21)17(25)19-12-13(23)11-18-16(24)14-7-10-22(4-2)20-14/h5-7,9-10,13,23H,3-4,8,11-12H2,1-2H3,(H,18,24)(H,19,25). The van der Waals surface area contributed by atoms with Crippen LogP contribution in [0.5, 0.6) is 0 Å². The Hall–Kier alpha value is -2.61. The third-order valence-electron chi connectivity index (χ3n) is 3.72. The lowest BCUT2D eigenvalue weighted by Gasteiger charge is -2.13. The van der Waals surface area contributed by atoms with E-state index in [9.17, 15) is 14.7 Å². The maximum absolute atomic E-state index is 12.2. The van der Waals surface area contributed by atoms with Gasteiger partial charge < -0.3 is 20.3 Å². The Kier molecular flexibility index (Phi) is 6.76. The number of aliphatic hydroxyl groups is 1. The molecule has 0 aliphatic heterocycles. The van der Waals surface area contributed by atoms with Gasteiger partial charge in [0.15, 0.2) is 0 Å². The first kappa shape index (κ1) is 18.7. The van der Waals surface area contributed by atoms with Crippen molar-refractivity contribution in [3.8, 4) is 0 Å². The first-order chi connectivity index (χ1) is 12.0. The Morgan fingerprint density at radius 1 is 1.16 bits per heavy atom. The highest BCUT2D eigenvalue weighted by atomic mass is 16.3. The van der Waals surface area contributed by atoms with Crippen molar-refractivity contribution < 1.29 is 14.7 Å². The van der Waals surface area contributed by atoms with Gasteiger partial charge in [-0.25, -0.2) is 0 Å². The molecule has 0 fully saturated rings. The summed E-state index contributed by atoms with van der Waals surface area (Å²) in [5, 5.41) is 19.3. The van der Waals surface area contributed by atoms with E-state index in [0.29, 0.717) is 17.9 Å². The van der Waals surface area contributed by atoms with Crippen LogP contribution in [0.4, 0.5) is 0 Å². The number of rotatable bonds is 9. The van der Waals surface area contributed by atoms with Crippen LogP contribution < -0.4 is 10.6 Å². The van der Waals surface area contributed by atoms with Gasteiger partial charge in [-0.2, -0.15) is 5.10 Å². The van der Waals surface area contributed by atoms with Gasteiger partial charge in [-0.05, 0) is 31.5 Å². The topological polar surface area (TPSA) is 101 Å². The number of nitrogens with zero attached hydrogens (tertiary/aromatic N) is 3. The zero-order valence-electron chi connectivity index (χ0n) is 14.6. The van der Waals surface area contributed by atoms with Crippen molar-refractivity contribution in [2.45, 2.75) is 39.5 Å². The fourth-order valence-electron chi connectivity index (χ4n) is 2.39. The summed E-state index contributed by atoms with van der Waals surface area (Å²) in [6.07, 6.45) is 3.62. The minimum Gasteiger partial charge on any atom is -0.389 e. The van der Waals surface area contributed by atoms with Crippen LogP contribution in [0.25, 0.3) is 0 Å². The van der Waals surface area contributed by atoms with Crippen LogP contribution in [0.2, 0.25) is 0 Å². The first-order valence-electron chi connectivity index (χ1n) is 8.48. The van der Waals surface area contributed by atoms with Gasteiger partial charge in [0.25, 0.3) is 11.8 Å². The lowest BCUT2D eigenvalue weighted by molar-refractivity contribution is 0.0877. The maximum atomic E-state index is 12.2. The quantitative estimate of drug-likeness (QED) is 0.619. The number of aromatic nitrogens is 3. The van der Waals surface area contributed by atoms with Gasteiger partial charge in [-0.1, -0.05) is 6.92 Å². The fourth-order valence-corrected chi connectivity index (χ4v) is 2.39. The maximum Gasteiger partial charge on any atom is 0.271 e. The third-order valence-corrected chi connectivity index (χ3v) is 3.72. The monoisotopic (exact) mass is 347 g/mol. The second kappa shape index (κ2) is 9.03. The highest BCUT2D eigenvalue weighted by Gasteiger charge is 2.14. The smallest absolute Gasteiger partial charge is 0.271 e. The van der Waals surface area contributed by atoms with Gasteiger partial charge >= 0.3 is 0 Å². The second-order valence-corrected chi connectivity index (χ2v) is 5.72. The summed E-state index contributed by atoms with van der Waals surface area (Å²) in [5.74, 6) is -0.597. The molecule has 8 heteroatoms. The lowest BCUT2D eigenvalue weighted by Crippen LogP contribution is -2.40. The molecule has 0 radical (unpaired) electrons. The zero-order chi connectivity index (χ0) is 18.2. The summed E-state index contributed by atoms with van der Waals surface area (Å²) < 4.78 is 3.52. The Labute approximate surface area is 146 Å². The molecule has 2 aromatic heterocycles. The predicted molar refractivity (Wildman–Crippen MR) is 93.3 cm³/mol. The normalized spacial score (nSPS) is 12.0. The zero-order valence-corrected chi connectivity index (χ0v) is 14.6. The van der Waals surface area contributed by atoms with Crippen LogP contribution >= 0.6 is 0 Å². The van der Waals surface area contributed by atoms with Crippen molar-refractivity contribution in [1.82, 2.24) is 25.0 Å². The molecule has 2 rings (SSSR count). The number of aryl methyl sites for hydroxylation is 2. The number of amides is 2. The molecule has 1 atom stereocenters.